The molecule has 0 bridgehead atoms. The third-order valence-corrected chi connectivity index (χ3v) is 5.47. The highest BCUT2D eigenvalue weighted by atomic mass is 35.5. The van der Waals surface area contributed by atoms with E-state index in [1.165, 1.54) is 11.3 Å². The van der Waals surface area contributed by atoms with Crippen molar-refractivity contribution in [3.8, 4) is 0 Å². The first-order valence-corrected chi connectivity index (χ1v) is 8.77. The van der Waals surface area contributed by atoms with Crippen LogP contribution in [0, 0.1) is 6.92 Å². The number of amides is 1. The number of halogens is 1. The van der Waals surface area contributed by atoms with Crippen molar-refractivity contribution in [1.29, 1.82) is 0 Å². The number of rotatable bonds is 4. The van der Waals surface area contributed by atoms with Gasteiger partial charge in [-0.15, -0.1) is 0 Å². The second kappa shape index (κ2) is 6.52. The van der Waals surface area contributed by atoms with Crippen molar-refractivity contribution >= 4 is 44.2 Å². The van der Waals surface area contributed by atoms with E-state index >= 15 is 0 Å². The van der Waals surface area contributed by atoms with E-state index in [-0.39, 0.29) is 12.0 Å². The number of ether oxygens (including phenoxy) is 1. The molecular weight excluding hydrogens is 320 g/mol. The molecule has 1 aliphatic heterocycles. The van der Waals surface area contributed by atoms with Crippen molar-refractivity contribution in [3.05, 3.63) is 22.7 Å². The highest BCUT2D eigenvalue weighted by Gasteiger charge is 2.25. The molecule has 6 heteroatoms. The normalized spacial score (nSPS) is 18.0. The van der Waals surface area contributed by atoms with E-state index in [0.717, 1.165) is 35.2 Å². The molecule has 1 saturated heterocycles. The highest BCUT2D eigenvalue weighted by molar-refractivity contribution is 7.23. The third kappa shape index (κ3) is 2.98. The van der Waals surface area contributed by atoms with Crippen LogP contribution in [-0.4, -0.2) is 30.1 Å². The molecule has 0 N–H and O–H groups in total. The van der Waals surface area contributed by atoms with Gasteiger partial charge >= 0.3 is 0 Å². The number of carbonyl (C=O) groups excluding carboxylic acids is 1. The molecule has 1 atom stereocenters. The first kappa shape index (κ1) is 15.7. The Hall–Kier alpha value is -1.17. The molecule has 0 spiro atoms. The molecule has 118 valence electrons. The lowest BCUT2D eigenvalue weighted by molar-refractivity contribution is -0.118. The minimum atomic E-state index is 0.0725. The van der Waals surface area contributed by atoms with Crippen molar-refractivity contribution < 1.29 is 9.53 Å². The summed E-state index contributed by atoms with van der Waals surface area (Å²) in [6.07, 6.45) is 2.62. The molecular formula is C16H19ClN2O2S. The van der Waals surface area contributed by atoms with Crippen LogP contribution in [0.4, 0.5) is 5.13 Å². The summed E-state index contributed by atoms with van der Waals surface area (Å²) in [5, 5.41) is 1.40. The van der Waals surface area contributed by atoms with Gasteiger partial charge in [-0.05, 0) is 31.4 Å². The van der Waals surface area contributed by atoms with Crippen molar-refractivity contribution in [1.82, 2.24) is 4.98 Å². The van der Waals surface area contributed by atoms with Gasteiger partial charge in [-0.25, -0.2) is 4.98 Å². The predicted octanol–water partition coefficient (Wildman–Crippen LogP) is 4.18. The van der Waals surface area contributed by atoms with E-state index < -0.39 is 0 Å². The Bertz CT molecular complexity index is 656. The largest absolute Gasteiger partial charge is 0.376 e. The maximum Gasteiger partial charge on any atom is 0.228 e. The van der Waals surface area contributed by atoms with Crippen LogP contribution in [0.15, 0.2) is 12.1 Å². The SMILES string of the molecule is CCC(=O)N(CC1CCCO1)c1nc2c(C)ccc(Cl)c2s1. The summed E-state index contributed by atoms with van der Waals surface area (Å²) in [7, 11) is 0. The Kier molecular flexibility index (Phi) is 4.66. The molecule has 2 aromatic rings. The van der Waals surface area contributed by atoms with Gasteiger partial charge in [-0.2, -0.15) is 0 Å². The third-order valence-electron chi connectivity index (χ3n) is 3.93. The Morgan fingerprint density at radius 2 is 2.36 bits per heavy atom. The molecule has 0 aliphatic carbocycles. The molecule has 4 nitrogen and oxygen atoms in total. The van der Waals surface area contributed by atoms with Gasteiger partial charge in [-0.1, -0.05) is 35.9 Å². The highest BCUT2D eigenvalue weighted by Crippen LogP contribution is 2.36. The predicted molar refractivity (Wildman–Crippen MR) is 91.0 cm³/mol. The molecule has 0 radical (unpaired) electrons. The van der Waals surface area contributed by atoms with Gasteiger partial charge in [-0.3, -0.25) is 9.69 Å². The van der Waals surface area contributed by atoms with Gasteiger partial charge in [0.05, 0.1) is 27.9 Å². The summed E-state index contributed by atoms with van der Waals surface area (Å²) < 4.78 is 6.62. The average Bonchev–Trinajstić information content (AvgIpc) is 3.17. The number of fused-ring (bicyclic) bond motifs is 1. The van der Waals surface area contributed by atoms with Crippen LogP contribution in [-0.2, 0) is 9.53 Å². The quantitative estimate of drug-likeness (QED) is 0.839. The fourth-order valence-electron chi connectivity index (χ4n) is 2.68. The fourth-order valence-corrected chi connectivity index (χ4v) is 4.02. The molecule has 3 rings (SSSR count). The zero-order chi connectivity index (χ0) is 15.7. The van der Waals surface area contributed by atoms with E-state index in [9.17, 15) is 4.79 Å². The Labute approximate surface area is 139 Å². The van der Waals surface area contributed by atoms with Gasteiger partial charge in [0.2, 0.25) is 5.91 Å². The number of hydrogen-bond acceptors (Lipinski definition) is 4. The lowest BCUT2D eigenvalue weighted by Gasteiger charge is -2.22. The van der Waals surface area contributed by atoms with E-state index in [0.29, 0.717) is 23.1 Å². The maximum atomic E-state index is 12.4. The minimum Gasteiger partial charge on any atom is -0.376 e. The summed E-state index contributed by atoms with van der Waals surface area (Å²) in [6, 6.07) is 3.84. The van der Waals surface area contributed by atoms with Crippen LogP contribution in [0.25, 0.3) is 10.2 Å². The number of carbonyl (C=O) groups is 1. The smallest absolute Gasteiger partial charge is 0.228 e. The molecule has 0 saturated carbocycles. The fraction of sp³-hybridized carbons (Fsp3) is 0.500. The van der Waals surface area contributed by atoms with E-state index in [2.05, 4.69) is 4.98 Å². The molecule has 2 heterocycles. The van der Waals surface area contributed by atoms with Crippen molar-refractivity contribution in [2.75, 3.05) is 18.1 Å². The Morgan fingerprint density at radius 3 is 3.00 bits per heavy atom. The minimum absolute atomic E-state index is 0.0725. The van der Waals surface area contributed by atoms with Crippen LogP contribution >= 0.6 is 22.9 Å². The summed E-state index contributed by atoms with van der Waals surface area (Å²) in [4.78, 5) is 18.8. The first-order valence-electron chi connectivity index (χ1n) is 7.57. The van der Waals surface area contributed by atoms with Crippen LogP contribution in [0.3, 0.4) is 0 Å². The topological polar surface area (TPSA) is 42.4 Å². The van der Waals surface area contributed by atoms with Crippen LogP contribution in [0.2, 0.25) is 5.02 Å². The zero-order valence-corrected chi connectivity index (χ0v) is 14.3. The van der Waals surface area contributed by atoms with E-state index in [1.54, 1.807) is 4.90 Å². The second-order valence-corrected chi connectivity index (χ2v) is 6.92. The van der Waals surface area contributed by atoms with Crippen molar-refractivity contribution in [2.24, 2.45) is 0 Å². The molecule has 22 heavy (non-hydrogen) atoms. The molecule has 1 unspecified atom stereocenters. The van der Waals surface area contributed by atoms with Crippen LogP contribution in [0.5, 0.6) is 0 Å². The van der Waals surface area contributed by atoms with E-state index in [1.807, 2.05) is 26.0 Å². The molecule has 1 amide bonds. The summed E-state index contributed by atoms with van der Waals surface area (Å²) in [5.74, 6) is 0.0725. The van der Waals surface area contributed by atoms with Crippen molar-refractivity contribution in [3.63, 3.8) is 0 Å². The second-order valence-electron chi connectivity index (χ2n) is 5.53. The molecule has 1 aliphatic rings. The zero-order valence-electron chi connectivity index (χ0n) is 12.8. The number of aromatic nitrogens is 1. The number of aryl methyl sites for hydroxylation is 1. The number of benzene rings is 1. The lowest BCUT2D eigenvalue weighted by atomic mass is 10.2. The first-order chi connectivity index (χ1) is 10.6. The lowest BCUT2D eigenvalue weighted by Crippen LogP contribution is -2.37. The van der Waals surface area contributed by atoms with Crippen LogP contribution in [0.1, 0.15) is 31.7 Å². The van der Waals surface area contributed by atoms with Gasteiger partial charge in [0.1, 0.15) is 0 Å². The number of hydrogen-bond donors (Lipinski definition) is 0. The maximum absolute atomic E-state index is 12.4. The number of anilines is 1. The summed E-state index contributed by atoms with van der Waals surface area (Å²) in [5.41, 5.74) is 1.96. The molecule has 1 aromatic heterocycles. The Balaban J connectivity index is 1.98. The average molecular weight is 339 g/mol. The van der Waals surface area contributed by atoms with Gasteiger partial charge in [0.25, 0.3) is 0 Å². The monoisotopic (exact) mass is 338 g/mol. The van der Waals surface area contributed by atoms with E-state index in [4.69, 9.17) is 16.3 Å². The van der Waals surface area contributed by atoms with Gasteiger partial charge in [0, 0.05) is 13.0 Å². The molecule has 1 fully saturated rings. The standard InChI is InChI=1S/C16H19ClN2O2S/c1-3-13(20)19(9-11-5-4-8-21-11)16-18-14-10(2)6-7-12(17)15(14)22-16/h6-7,11H,3-5,8-9H2,1-2H3. The summed E-state index contributed by atoms with van der Waals surface area (Å²) >= 11 is 7.75. The van der Waals surface area contributed by atoms with Gasteiger partial charge in [0.15, 0.2) is 5.13 Å². The van der Waals surface area contributed by atoms with Crippen LogP contribution < -0.4 is 4.90 Å². The number of thiazole rings is 1. The van der Waals surface area contributed by atoms with Crippen molar-refractivity contribution in [2.45, 2.75) is 39.2 Å². The molecule has 1 aromatic carbocycles. The summed E-state index contributed by atoms with van der Waals surface area (Å²) in [6.45, 7) is 5.23. The number of nitrogens with zero attached hydrogens (tertiary/aromatic N) is 2. The Morgan fingerprint density at radius 1 is 1.55 bits per heavy atom. The van der Waals surface area contributed by atoms with Gasteiger partial charge < -0.3 is 4.74 Å².